The monoisotopic (exact) mass is 304 g/mol. The van der Waals surface area contributed by atoms with E-state index in [0.29, 0.717) is 5.92 Å². The van der Waals surface area contributed by atoms with Crippen LogP contribution >= 0.6 is 0 Å². The summed E-state index contributed by atoms with van der Waals surface area (Å²) < 4.78 is 5.98. The first-order valence-corrected chi connectivity index (χ1v) is 8.82. The molecule has 0 aromatic heterocycles. The summed E-state index contributed by atoms with van der Waals surface area (Å²) in [7, 11) is 0. The van der Waals surface area contributed by atoms with Gasteiger partial charge in [0.1, 0.15) is 5.75 Å². The Morgan fingerprint density at radius 3 is 2.64 bits per heavy atom. The Balaban J connectivity index is 1.84. The highest BCUT2D eigenvalue weighted by Crippen LogP contribution is 2.23. The normalized spacial score (nSPS) is 17.1. The SMILES string of the molecule is CCNCC1CCN(Cc2ccccc2OCC(C)C)CC1. The fraction of sp³-hybridized carbons (Fsp3) is 0.684. The number of rotatable bonds is 8. The van der Waals surface area contributed by atoms with E-state index in [-0.39, 0.29) is 0 Å². The third-order valence-electron chi connectivity index (χ3n) is 4.33. The van der Waals surface area contributed by atoms with Crippen molar-refractivity contribution in [2.75, 3.05) is 32.8 Å². The van der Waals surface area contributed by atoms with Crippen LogP contribution in [0.2, 0.25) is 0 Å². The number of nitrogens with zero attached hydrogens (tertiary/aromatic N) is 1. The van der Waals surface area contributed by atoms with E-state index in [4.69, 9.17) is 4.74 Å². The highest BCUT2D eigenvalue weighted by molar-refractivity contribution is 5.33. The summed E-state index contributed by atoms with van der Waals surface area (Å²) in [6, 6.07) is 8.51. The Morgan fingerprint density at radius 1 is 1.23 bits per heavy atom. The molecular weight excluding hydrogens is 272 g/mol. The summed E-state index contributed by atoms with van der Waals surface area (Å²) in [5.74, 6) is 2.48. The van der Waals surface area contributed by atoms with E-state index in [9.17, 15) is 0 Å². The average Bonchev–Trinajstić information content (AvgIpc) is 2.53. The Labute approximate surface area is 136 Å². The van der Waals surface area contributed by atoms with Crippen molar-refractivity contribution in [2.24, 2.45) is 11.8 Å². The molecule has 1 aromatic carbocycles. The molecule has 1 fully saturated rings. The number of para-hydroxylation sites is 1. The van der Waals surface area contributed by atoms with Crippen molar-refractivity contribution < 1.29 is 4.74 Å². The molecule has 0 atom stereocenters. The molecule has 3 nitrogen and oxygen atoms in total. The molecule has 0 aliphatic carbocycles. The topological polar surface area (TPSA) is 24.5 Å². The average molecular weight is 304 g/mol. The Hall–Kier alpha value is -1.06. The fourth-order valence-electron chi connectivity index (χ4n) is 2.97. The lowest BCUT2D eigenvalue weighted by atomic mass is 9.96. The van der Waals surface area contributed by atoms with Gasteiger partial charge in [-0.25, -0.2) is 0 Å². The lowest BCUT2D eigenvalue weighted by Gasteiger charge is -2.32. The first-order valence-electron chi connectivity index (χ1n) is 8.82. The van der Waals surface area contributed by atoms with Crippen LogP contribution in [0.3, 0.4) is 0 Å². The van der Waals surface area contributed by atoms with Crippen LogP contribution in [0.5, 0.6) is 5.75 Å². The summed E-state index contributed by atoms with van der Waals surface area (Å²) in [4.78, 5) is 2.57. The van der Waals surface area contributed by atoms with Gasteiger partial charge in [-0.2, -0.15) is 0 Å². The summed E-state index contributed by atoms with van der Waals surface area (Å²) in [5, 5.41) is 3.48. The zero-order valence-corrected chi connectivity index (χ0v) is 14.5. The molecule has 0 saturated carbocycles. The van der Waals surface area contributed by atoms with Gasteiger partial charge in [0, 0.05) is 12.1 Å². The van der Waals surface area contributed by atoms with Gasteiger partial charge in [0.25, 0.3) is 0 Å². The maximum absolute atomic E-state index is 5.98. The number of hydrogen-bond acceptors (Lipinski definition) is 3. The number of likely N-dealkylation sites (tertiary alicyclic amines) is 1. The van der Waals surface area contributed by atoms with Crippen LogP contribution < -0.4 is 10.1 Å². The maximum Gasteiger partial charge on any atom is 0.123 e. The second-order valence-electron chi connectivity index (χ2n) is 6.84. The van der Waals surface area contributed by atoms with Crippen LogP contribution in [0, 0.1) is 11.8 Å². The van der Waals surface area contributed by atoms with E-state index in [0.717, 1.165) is 31.4 Å². The van der Waals surface area contributed by atoms with Gasteiger partial charge in [-0.05, 0) is 56.9 Å². The van der Waals surface area contributed by atoms with E-state index in [2.05, 4.69) is 55.3 Å². The molecule has 1 aromatic rings. The molecule has 1 saturated heterocycles. The molecule has 3 heteroatoms. The highest BCUT2D eigenvalue weighted by Gasteiger charge is 2.19. The third-order valence-corrected chi connectivity index (χ3v) is 4.33. The first-order chi connectivity index (χ1) is 10.7. The minimum Gasteiger partial charge on any atom is -0.493 e. The van der Waals surface area contributed by atoms with Crippen molar-refractivity contribution in [3.05, 3.63) is 29.8 Å². The van der Waals surface area contributed by atoms with Gasteiger partial charge >= 0.3 is 0 Å². The summed E-state index contributed by atoms with van der Waals surface area (Å²) in [5.41, 5.74) is 1.33. The second kappa shape index (κ2) is 9.16. The second-order valence-corrected chi connectivity index (χ2v) is 6.84. The predicted molar refractivity (Wildman–Crippen MR) is 93.3 cm³/mol. The van der Waals surface area contributed by atoms with E-state index in [1.54, 1.807) is 0 Å². The smallest absolute Gasteiger partial charge is 0.123 e. The number of benzene rings is 1. The summed E-state index contributed by atoms with van der Waals surface area (Å²) in [6.45, 7) is 13.0. The van der Waals surface area contributed by atoms with Crippen molar-refractivity contribution in [1.82, 2.24) is 10.2 Å². The van der Waals surface area contributed by atoms with E-state index in [1.165, 1.54) is 38.0 Å². The van der Waals surface area contributed by atoms with Crippen molar-refractivity contribution in [3.8, 4) is 5.75 Å². The zero-order chi connectivity index (χ0) is 15.8. The standard InChI is InChI=1S/C19H32N2O/c1-4-20-13-17-9-11-21(12-10-17)14-18-7-5-6-8-19(18)22-15-16(2)3/h5-8,16-17,20H,4,9-15H2,1-3H3. The number of ether oxygens (including phenoxy) is 1. The molecule has 124 valence electrons. The zero-order valence-electron chi connectivity index (χ0n) is 14.5. The van der Waals surface area contributed by atoms with Crippen molar-refractivity contribution >= 4 is 0 Å². The van der Waals surface area contributed by atoms with Crippen LogP contribution in [0.4, 0.5) is 0 Å². The third kappa shape index (κ3) is 5.62. The number of nitrogens with one attached hydrogen (secondary N) is 1. The van der Waals surface area contributed by atoms with Crippen molar-refractivity contribution in [3.63, 3.8) is 0 Å². The van der Waals surface area contributed by atoms with Gasteiger partial charge in [-0.3, -0.25) is 4.90 Å². The molecule has 0 bridgehead atoms. The Bertz CT molecular complexity index is 425. The predicted octanol–water partition coefficient (Wildman–Crippen LogP) is 3.54. The molecule has 22 heavy (non-hydrogen) atoms. The molecule has 1 aliphatic heterocycles. The van der Waals surface area contributed by atoms with E-state index < -0.39 is 0 Å². The molecule has 0 unspecified atom stereocenters. The number of piperidine rings is 1. The van der Waals surface area contributed by atoms with Gasteiger partial charge in [0.15, 0.2) is 0 Å². The summed E-state index contributed by atoms with van der Waals surface area (Å²) >= 11 is 0. The van der Waals surface area contributed by atoms with Crippen LogP contribution in [-0.2, 0) is 6.54 Å². The molecule has 0 radical (unpaired) electrons. The largest absolute Gasteiger partial charge is 0.493 e. The first kappa shape index (κ1) is 17.3. The Morgan fingerprint density at radius 2 is 1.95 bits per heavy atom. The van der Waals surface area contributed by atoms with E-state index in [1.807, 2.05) is 0 Å². The van der Waals surface area contributed by atoms with Crippen molar-refractivity contribution in [1.29, 1.82) is 0 Å². The van der Waals surface area contributed by atoms with Gasteiger partial charge in [-0.1, -0.05) is 39.0 Å². The molecular formula is C19H32N2O. The lowest BCUT2D eigenvalue weighted by molar-refractivity contribution is 0.172. The number of hydrogen-bond donors (Lipinski definition) is 1. The van der Waals surface area contributed by atoms with Crippen LogP contribution in [0.25, 0.3) is 0 Å². The van der Waals surface area contributed by atoms with Gasteiger partial charge < -0.3 is 10.1 Å². The molecule has 1 aliphatic rings. The fourth-order valence-corrected chi connectivity index (χ4v) is 2.97. The maximum atomic E-state index is 5.98. The molecule has 0 spiro atoms. The molecule has 0 amide bonds. The van der Waals surface area contributed by atoms with Crippen LogP contribution in [0.1, 0.15) is 39.2 Å². The summed E-state index contributed by atoms with van der Waals surface area (Å²) in [6.07, 6.45) is 2.62. The van der Waals surface area contributed by atoms with Crippen LogP contribution in [-0.4, -0.2) is 37.7 Å². The Kier molecular flexibility index (Phi) is 7.20. The molecule has 1 heterocycles. The minimum absolute atomic E-state index is 0.565. The lowest BCUT2D eigenvalue weighted by Crippen LogP contribution is -2.36. The van der Waals surface area contributed by atoms with Gasteiger partial charge in [0.2, 0.25) is 0 Å². The molecule has 1 N–H and O–H groups in total. The van der Waals surface area contributed by atoms with Crippen molar-refractivity contribution in [2.45, 2.75) is 40.2 Å². The highest BCUT2D eigenvalue weighted by atomic mass is 16.5. The minimum atomic E-state index is 0.565. The quantitative estimate of drug-likeness (QED) is 0.795. The van der Waals surface area contributed by atoms with Crippen LogP contribution in [0.15, 0.2) is 24.3 Å². The van der Waals surface area contributed by atoms with Gasteiger partial charge in [-0.15, -0.1) is 0 Å². The van der Waals surface area contributed by atoms with E-state index >= 15 is 0 Å². The molecule has 2 rings (SSSR count). The van der Waals surface area contributed by atoms with Gasteiger partial charge in [0.05, 0.1) is 6.61 Å².